The SMILES string of the molecule is O=C(O)CCCN(CCCF)c1ccccc1. The molecular weight excluding hydrogens is 221 g/mol. The third-order valence-corrected chi connectivity index (χ3v) is 2.50. The van der Waals surface area contributed by atoms with Gasteiger partial charge in [-0.2, -0.15) is 0 Å². The zero-order chi connectivity index (χ0) is 12.5. The van der Waals surface area contributed by atoms with Crippen LogP contribution in [0.5, 0.6) is 0 Å². The molecule has 4 heteroatoms. The van der Waals surface area contributed by atoms with Crippen LogP contribution in [0.2, 0.25) is 0 Å². The Labute approximate surface area is 101 Å². The predicted octanol–water partition coefficient (Wildman–Crippen LogP) is 2.72. The smallest absolute Gasteiger partial charge is 0.303 e. The maximum atomic E-state index is 12.2. The van der Waals surface area contributed by atoms with Crippen LogP contribution in [0.15, 0.2) is 30.3 Å². The highest BCUT2D eigenvalue weighted by atomic mass is 19.1. The number of rotatable bonds is 8. The van der Waals surface area contributed by atoms with Crippen molar-refractivity contribution in [2.24, 2.45) is 0 Å². The molecule has 1 N–H and O–H groups in total. The van der Waals surface area contributed by atoms with E-state index >= 15 is 0 Å². The summed E-state index contributed by atoms with van der Waals surface area (Å²) in [6.07, 6.45) is 1.21. The lowest BCUT2D eigenvalue weighted by Gasteiger charge is -2.24. The minimum absolute atomic E-state index is 0.152. The number of anilines is 1. The third kappa shape index (κ3) is 5.33. The standard InChI is InChI=1S/C13H18FNO2/c14-9-5-11-15(10-4-8-13(16)17)12-6-2-1-3-7-12/h1-3,6-7H,4-5,8-11H2,(H,16,17). The lowest BCUT2D eigenvalue weighted by atomic mass is 10.2. The Morgan fingerprint density at radius 3 is 2.41 bits per heavy atom. The fourth-order valence-electron chi connectivity index (χ4n) is 1.68. The number of nitrogens with zero attached hydrogens (tertiary/aromatic N) is 1. The van der Waals surface area contributed by atoms with Gasteiger partial charge >= 0.3 is 5.97 Å². The minimum Gasteiger partial charge on any atom is -0.481 e. The van der Waals surface area contributed by atoms with Gasteiger partial charge in [0.05, 0.1) is 6.67 Å². The van der Waals surface area contributed by atoms with Crippen LogP contribution in [0, 0.1) is 0 Å². The first-order valence-corrected chi connectivity index (χ1v) is 5.82. The normalized spacial score (nSPS) is 10.2. The number of carbonyl (C=O) groups is 1. The molecule has 0 aliphatic heterocycles. The fourth-order valence-corrected chi connectivity index (χ4v) is 1.68. The number of carboxylic acid groups (broad SMARTS) is 1. The van der Waals surface area contributed by atoms with Crippen molar-refractivity contribution >= 4 is 11.7 Å². The molecule has 3 nitrogen and oxygen atoms in total. The van der Waals surface area contributed by atoms with E-state index in [1.165, 1.54) is 0 Å². The quantitative estimate of drug-likeness (QED) is 0.758. The van der Waals surface area contributed by atoms with Gasteiger partial charge in [0, 0.05) is 25.2 Å². The second-order valence-electron chi connectivity index (χ2n) is 3.86. The van der Waals surface area contributed by atoms with Gasteiger partial charge < -0.3 is 10.0 Å². The number of halogens is 1. The van der Waals surface area contributed by atoms with Crippen LogP contribution in [-0.2, 0) is 4.79 Å². The van der Waals surface area contributed by atoms with Gasteiger partial charge in [-0.3, -0.25) is 9.18 Å². The number of para-hydroxylation sites is 1. The molecule has 0 saturated heterocycles. The summed E-state index contributed by atoms with van der Waals surface area (Å²) >= 11 is 0. The van der Waals surface area contributed by atoms with Crippen molar-refractivity contribution < 1.29 is 14.3 Å². The van der Waals surface area contributed by atoms with Crippen LogP contribution in [-0.4, -0.2) is 30.8 Å². The topological polar surface area (TPSA) is 40.5 Å². The van der Waals surface area contributed by atoms with Crippen molar-refractivity contribution in [1.29, 1.82) is 0 Å². The molecule has 0 bridgehead atoms. The molecule has 0 amide bonds. The summed E-state index contributed by atoms with van der Waals surface area (Å²) in [5.41, 5.74) is 1.02. The Balaban J connectivity index is 2.51. The van der Waals surface area contributed by atoms with Crippen LogP contribution in [0.25, 0.3) is 0 Å². The molecule has 0 atom stereocenters. The largest absolute Gasteiger partial charge is 0.481 e. The van der Waals surface area contributed by atoms with Gasteiger partial charge in [0.2, 0.25) is 0 Å². The van der Waals surface area contributed by atoms with E-state index in [0.717, 1.165) is 5.69 Å². The molecule has 0 saturated carbocycles. The summed E-state index contributed by atoms with van der Waals surface area (Å²) in [6.45, 7) is 0.929. The van der Waals surface area contributed by atoms with Crippen molar-refractivity contribution in [2.75, 3.05) is 24.7 Å². The van der Waals surface area contributed by atoms with Gasteiger partial charge in [-0.1, -0.05) is 18.2 Å². The monoisotopic (exact) mass is 239 g/mol. The van der Waals surface area contributed by atoms with E-state index < -0.39 is 5.97 Å². The van der Waals surface area contributed by atoms with Crippen molar-refractivity contribution in [3.63, 3.8) is 0 Å². The number of hydrogen-bond donors (Lipinski definition) is 1. The molecule has 0 unspecified atom stereocenters. The Kier molecular flexibility index (Phi) is 6.07. The molecule has 17 heavy (non-hydrogen) atoms. The van der Waals surface area contributed by atoms with Gasteiger partial charge in [0.25, 0.3) is 0 Å². The molecule has 1 aromatic carbocycles. The van der Waals surface area contributed by atoms with E-state index in [2.05, 4.69) is 0 Å². The summed E-state index contributed by atoms with van der Waals surface area (Å²) in [5.74, 6) is -0.788. The summed E-state index contributed by atoms with van der Waals surface area (Å²) < 4.78 is 12.2. The molecule has 0 aliphatic carbocycles. The molecule has 0 aliphatic rings. The highest BCUT2D eigenvalue weighted by Crippen LogP contribution is 2.14. The van der Waals surface area contributed by atoms with Crippen LogP contribution in [0.3, 0.4) is 0 Å². The number of aliphatic carboxylic acids is 1. The number of alkyl halides is 1. The van der Waals surface area contributed by atoms with Gasteiger partial charge in [0.1, 0.15) is 0 Å². The van der Waals surface area contributed by atoms with Gasteiger partial charge in [-0.25, -0.2) is 0 Å². The molecule has 0 spiro atoms. The molecular formula is C13H18FNO2. The predicted molar refractivity (Wildman–Crippen MR) is 66.1 cm³/mol. The first-order valence-electron chi connectivity index (χ1n) is 5.82. The molecule has 0 aromatic heterocycles. The summed E-state index contributed by atoms with van der Waals surface area (Å²) in [6, 6.07) is 9.69. The molecule has 0 fully saturated rings. The van der Waals surface area contributed by atoms with Gasteiger partial charge in [0.15, 0.2) is 0 Å². The highest BCUT2D eigenvalue weighted by Gasteiger charge is 2.06. The maximum Gasteiger partial charge on any atom is 0.303 e. The molecule has 1 rings (SSSR count). The summed E-state index contributed by atoms with van der Waals surface area (Å²) in [4.78, 5) is 12.5. The van der Waals surface area contributed by atoms with Crippen LogP contribution < -0.4 is 4.90 Å². The second-order valence-corrected chi connectivity index (χ2v) is 3.86. The number of hydrogen-bond acceptors (Lipinski definition) is 2. The van der Waals surface area contributed by atoms with E-state index in [9.17, 15) is 9.18 Å². The van der Waals surface area contributed by atoms with Crippen LogP contribution in [0.4, 0.5) is 10.1 Å². The van der Waals surface area contributed by atoms with Gasteiger partial charge in [-0.05, 0) is 25.0 Å². The zero-order valence-electron chi connectivity index (χ0n) is 9.81. The number of carboxylic acids is 1. The Morgan fingerprint density at radius 1 is 1.18 bits per heavy atom. The average molecular weight is 239 g/mol. The lowest BCUT2D eigenvalue weighted by Crippen LogP contribution is -2.26. The Bertz CT molecular complexity index is 329. The minimum atomic E-state index is -0.788. The Morgan fingerprint density at radius 2 is 1.82 bits per heavy atom. The second kappa shape index (κ2) is 7.65. The van der Waals surface area contributed by atoms with E-state index in [1.807, 2.05) is 35.2 Å². The van der Waals surface area contributed by atoms with E-state index in [0.29, 0.717) is 25.9 Å². The molecule has 0 radical (unpaired) electrons. The fraction of sp³-hybridized carbons (Fsp3) is 0.462. The molecule has 0 heterocycles. The maximum absolute atomic E-state index is 12.2. The zero-order valence-corrected chi connectivity index (χ0v) is 9.81. The first kappa shape index (κ1) is 13.5. The summed E-state index contributed by atoms with van der Waals surface area (Å²) in [5, 5.41) is 8.59. The third-order valence-electron chi connectivity index (χ3n) is 2.50. The summed E-state index contributed by atoms with van der Waals surface area (Å²) in [7, 11) is 0. The van der Waals surface area contributed by atoms with Crippen LogP contribution in [0.1, 0.15) is 19.3 Å². The van der Waals surface area contributed by atoms with Crippen molar-refractivity contribution in [3.8, 4) is 0 Å². The van der Waals surface area contributed by atoms with E-state index in [-0.39, 0.29) is 13.1 Å². The van der Waals surface area contributed by atoms with E-state index in [4.69, 9.17) is 5.11 Å². The molecule has 94 valence electrons. The van der Waals surface area contributed by atoms with E-state index in [1.54, 1.807) is 0 Å². The van der Waals surface area contributed by atoms with Crippen molar-refractivity contribution in [1.82, 2.24) is 0 Å². The first-order chi connectivity index (χ1) is 8.24. The number of benzene rings is 1. The molecule has 1 aromatic rings. The highest BCUT2D eigenvalue weighted by molar-refractivity contribution is 5.66. The van der Waals surface area contributed by atoms with Gasteiger partial charge in [-0.15, -0.1) is 0 Å². The van der Waals surface area contributed by atoms with Crippen molar-refractivity contribution in [2.45, 2.75) is 19.3 Å². The Hall–Kier alpha value is -1.58. The van der Waals surface area contributed by atoms with Crippen molar-refractivity contribution in [3.05, 3.63) is 30.3 Å². The van der Waals surface area contributed by atoms with Crippen LogP contribution >= 0.6 is 0 Å². The lowest BCUT2D eigenvalue weighted by molar-refractivity contribution is -0.137. The average Bonchev–Trinajstić information content (AvgIpc) is 2.34.